The van der Waals surface area contributed by atoms with Crippen molar-refractivity contribution in [1.29, 1.82) is 0 Å². The summed E-state index contributed by atoms with van der Waals surface area (Å²) in [6, 6.07) is 6.59. The second-order valence-electron chi connectivity index (χ2n) is 3.66. The molecule has 0 radical (unpaired) electrons. The summed E-state index contributed by atoms with van der Waals surface area (Å²) in [4.78, 5) is 0. The lowest BCUT2D eigenvalue weighted by atomic mass is 10.3. The van der Waals surface area contributed by atoms with E-state index >= 15 is 0 Å². The Labute approximate surface area is 98.7 Å². The molecule has 4 heteroatoms. The van der Waals surface area contributed by atoms with E-state index in [-0.39, 0.29) is 5.82 Å². The van der Waals surface area contributed by atoms with Gasteiger partial charge < -0.3 is 9.88 Å². The van der Waals surface area contributed by atoms with Crippen LogP contribution in [0, 0.1) is 5.82 Å². The Kier molecular flexibility index (Phi) is 3.15. The molecule has 1 aromatic heterocycles. The summed E-state index contributed by atoms with van der Waals surface area (Å²) in [6.45, 7) is 0.597. The van der Waals surface area contributed by atoms with Crippen LogP contribution in [0.4, 0.5) is 10.1 Å². The first-order chi connectivity index (χ1) is 7.65. The van der Waals surface area contributed by atoms with Gasteiger partial charge in [-0.15, -0.1) is 0 Å². The maximum atomic E-state index is 13.4. The van der Waals surface area contributed by atoms with Crippen LogP contribution in [0.2, 0.25) is 5.02 Å². The predicted molar refractivity (Wildman–Crippen MR) is 64.1 cm³/mol. The summed E-state index contributed by atoms with van der Waals surface area (Å²) in [5, 5.41) is 3.43. The molecule has 0 amide bonds. The molecule has 2 rings (SSSR count). The van der Waals surface area contributed by atoms with Gasteiger partial charge in [0, 0.05) is 31.0 Å². The average molecular weight is 239 g/mol. The van der Waals surface area contributed by atoms with Crippen LogP contribution in [0.1, 0.15) is 5.56 Å². The van der Waals surface area contributed by atoms with Crippen LogP contribution >= 0.6 is 11.6 Å². The second-order valence-corrected chi connectivity index (χ2v) is 4.10. The molecule has 2 nitrogen and oxygen atoms in total. The fraction of sp³-hybridized carbons (Fsp3) is 0.167. The Morgan fingerprint density at radius 3 is 2.81 bits per heavy atom. The molecule has 1 N–H and O–H groups in total. The molecule has 0 unspecified atom stereocenters. The van der Waals surface area contributed by atoms with Crippen molar-refractivity contribution < 1.29 is 4.39 Å². The van der Waals surface area contributed by atoms with Gasteiger partial charge in [0.15, 0.2) is 0 Å². The van der Waals surface area contributed by atoms with Crippen molar-refractivity contribution in [2.24, 2.45) is 7.05 Å². The summed E-state index contributed by atoms with van der Waals surface area (Å²) < 4.78 is 15.4. The largest absolute Gasteiger partial charge is 0.379 e. The monoisotopic (exact) mass is 238 g/mol. The van der Waals surface area contributed by atoms with Crippen LogP contribution < -0.4 is 5.32 Å². The molecule has 2 aromatic rings. The first-order valence-corrected chi connectivity index (χ1v) is 5.33. The molecule has 0 aliphatic heterocycles. The van der Waals surface area contributed by atoms with Crippen LogP contribution in [0.3, 0.4) is 0 Å². The van der Waals surface area contributed by atoms with E-state index in [4.69, 9.17) is 11.6 Å². The third-order valence-electron chi connectivity index (χ3n) is 2.31. The fourth-order valence-corrected chi connectivity index (χ4v) is 1.65. The van der Waals surface area contributed by atoms with E-state index in [0.29, 0.717) is 17.3 Å². The van der Waals surface area contributed by atoms with E-state index in [0.717, 1.165) is 5.56 Å². The summed E-state index contributed by atoms with van der Waals surface area (Å²) in [5.41, 5.74) is 1.57. The zero-order valence-corrected chi connectivity index (χ0v) is 9.63. The van der Waals surface area contributed by atoms with Crippen molar-refractivity contribution in [3.63, 3.8) is 0 Å². The number of hydrogen-bond donors (Lipinski definition) is 1. The second kappa shape index (κ2) is 4.58. The van der Waals surface area contributed by atoms with Gasteiger partial charge in [-0.3, -0.25) is 0 Å². The molecule has 0 aliphatic rings. The Morgan fingerprint density at radius 1 is 1.38 bits per heavy atom. The third kappa shape index (κ3) is 2.55. The standard InChI is InChI=1S/C12H12ClFN2/c1-16-5-4-9(8-16)7-15-12-3-2-10(13)6-11(12)14/h2-6,8,15H,7H2,1H3. The Balaban J connectivity index is 2.04. The molecule has 0 atom stereocenters. The molecular formula is C12H12ClFN2. The highest BCUT2D eigenvalue weighted by atomic mass is 35.5. The summed E-state index contributed by atoms with van der Waals surface area (Å²) in [7, 11) is 1.95. The molecule has 0 bridgehead atoms. The highest BCUT2D eigenvalue weighted by molar-refractivity contribution is 6.30. The Hall–Kier alpha value is -1.48. The van der Waals surface area contributed by atoms with Crippen molar-refractivity contribution in [3.05, 3.63) is 53.1 Å². The number of benzene rings is 1. The number of rotatable bonds is 3. The fourth-order valence-electron chi connectivity index (χ4n) is 1.50. The number of aromatic nitrogens is 1. The molecule has 1 aromatic carbocycles. The summed E-state index contributed by atoms with van der Waals surface area (Å²) >= 11 is 5.67. The van der Waals surface area contributed by atoms with Gasteiger partial charge in [-0.2, -0.15) is 0 Å². The zero-order chi connectivity index (χ0) is 11.5. The van der Waals surface area contributed by atoms with Gasteiger partial charge in [0.2, 0.25) is 0 Å². The van der Waals surface area contributed by atoms with Crippen LogP contribution in [0.5, 0.6) is 0 Å². The van der Waals surface area contributed by atoms with Gasteiger partial charge >= 0.3 is 0 Å². The number of nitrogens with zero attached hydrogens (tertiary/aromatic N) is 1. The minimum atomic E-state index is -0.330. The minimum Gasteiger partial charge on any atom is -0.379 e. The number of anilines is 1. The normalized spacial score (nSPS) is 10.4. The number of hydrogen-bond acceptors (Lipinski definition) is 1. The van der Waals surface area contributed by atoms with Crippen molar-refractivity contribution in [2.75, 3.05) is 5.32 Å². The highest BCUT2D eigenvalue weighted by Gasteiger charge is 2.02. The van der Waals surface area contributed by atoms with E-state index in [1.807, 2.05) is 30.1 Å². The number of halogens is 2. The Bertz CT molecular complexity index is 494. The number of nitrogens with one attached hydrogen (secondary N) is 1. The van der Waals surface area contributed by atoms with E-state index in [9.17, 15) is 4.39 Å². The third-order valence-corrected chi connectivity index (χ3v) is 2.54. The molecular weight excluding hydrogens is 227 g/mol. The molecule has 0 spiro atoms. The predicted octanol–water partition coefficient (Wildman–Crippen LogP) is 3.43. The van der Waals surface area contributed by atoms with Crippen LogP contribution in [-0.2, 0) is 13.6 Å². The maximum Gasteiger partial charge on any atom is 0.147 e. The van der Waals surface area contributed by atoms with Gasteiger partial charge in [0.25, 0.3) is 0 Å². The summed E-state index contributed by atoms with van der Waals surface area (Å²) in [5.74, 6) is -0.330. The maximum absolute atomic E-state index is 13.4. The molecule has 1 heterocycles. The number of aryl methyl sites for hydroxylation is 1. The van der Waals surface area contributed by atoms with Gasteiger partial charge in [-0.1, -0.05) is 11.6 Å². The van der Waals surface area contributed by atoms with Crippen molar-refractivity contribution >= 4 is 17.3 Å². The van der Waals surface area contributed by atoms with E-state index in [1.165, 1.54) is 6.07 Å². The van der Waals surface area contributed by atoms with Gasteiger partial charge in [-0.05, 0) is 29.8 Å². The van der Waals surface area contributed by atoms with Crippen LogP contribution in [0.25, 0.3) is 0 Å². The molecule has 0 saturated carbocycles. The van der Waals surface area contributed by atoms with Crippen molar-refractivity contribution in [2.45, 2.75) is 6.54 Å². The minimum absolute atomic E-state index is 0.330. The molecule has 0 aliphatic carbocycles. The smallest absolute Gasteiger partial charge is 0.147 e. The Morgan fingerprint density at radius 2 is 2.19 bits per heavy atom. The van der Waals surface area contributed by atoms with Crippen molar-refractivity contribution in [3.8, 4) is 0 Å². The molecule has 0 fully saturated rings. The topological polar surface area (TPSA) is 17.0 Å². The van der Waals surface area contributed by atoms with Gasteiger partial charge in [0.1, 0.15) is 5.82 Å². The highest BCUT2D eigenvalue weighted by Crippen LogP contribution is 2.19. The lowest BCUT2D eigenvalue weighted by Gasteiger charge is -2.06. The van der Waals surface area contributed by atoms with Gasteiger partial charge in [0.05, 0.1) is 5.69 Å². The lowest BCUT2D eigenvalue weighted by Crippen LogP contribution is -2.00. The van der Waals surface area contributed by atoms with Gasteiger partial charge in [-0.25, -0.2) is 4.39 Å². The zero-order valence-electron chi connectivity index (χ0n) is 8.87. The average Bonchev–Trinajstić information content (AvgIpc) is 2.63. The first-order valence-electron chi connectivity index (χ1n) is 4.95. The van der Waals surface area contributed by atoms with Crippen LogP contribution in [0.15, 0.2) is 36.7 Å². The van der Waals surface area contributed by atoms with E-state index < -0.39 is 0 Å². The SMILES string of the molecule is Cn1ccc(CNc2ccc(Cl)cc2F)c1. The summed E-state index contributed by atoms with van der Waals surface area (Å²) in [6.07, 6.45) is 3.94. The van der Waals surface area contributed by atoms with Crippen LogP contribution in [-0.4, -0.2) is 4.57 Å². The molecule has 0 saturated heterocycles. The quantitative estimate of drug-likeness (QED) is 0.867. The molecule has 16 heavy (non-hydrogen) atoms. The first kappa shape index (κ1) is 11.0. The van der Waals surface area contributed by atoms with E-state index in [2.05, 4.69) is 5.32 Å². The van der Waals surface area contributed by atoms with Crippen molar-refractivity contribution in [1.82, 2.24) is 4.57 Å². The lowest BCUT2D eigenvalue weighted by molar-refractivity contribution is 0.630. The van der Waals surface area contributed by atoms with E-state index in [1.54, 1.807) is 12.1 Å². The molecule has 84 valence electrons.